The molecule has 0 saturated carbocycles. The number of rotatable bonds is 3. The van der Waals surface area contributed by atoms with Gasteiger partial charge in [-0.05, 0) is 39.2 Å². The summed E-state index contributed by atoms with van der Waals surface area (Å²) in [5, 5.41) is 17.4. The van der Waals surface area contributed by atoms with Gasteiger partial charge >= 0.3 is 6.09 Å². The molecule has 0 bridgehead atoms. The van der Waals surface area contributed by atoms with Crippen LogP contribution in [0.3, 0.4) is 0 Å². The molecule has 1 amide bonds. The van der Waals surface area contributed by atoms with Gasteiger partial charge in [0.2, 0.25) is 5.75 Å². The van der Waals surface area contributed by atoms with Crippen molar-refractivity contribution in [2.24, 2.45) is 0 Å². The Labute approximate surface area is 268 Å². The van der Waals surface area contributed by atoms with Gasteiger partial charge in [-0.25, -0.2) is 13.6 Å². The number of carbonyl (C=O) groups is 1. The average molecular weight is 645 g/mol. The van der Waals surface area contributed by atoms with Gasteiger partial charge in [-0.1, -0.05) is 41.9 Å². The van der Waals surface area contributed by atoms with Crippen molar-refractivity contribution in [3.05, 3.63) is 88.1 Å². The number of ether oxygens (including phenoxy) is 4. The zero-order chi connectivity index (χ0) is 32.4. The van der Waals surface area contributed by atoms with E-state index in [4.69, 9.17) is 30.5 Å². The number of nitrogens with zero attached hydrogens (tertiary/aromatic N) is 4. The first kappa shape index (κ1) is 29.7. The summed E-state index contributed by atoms with van der Waals surface area (Å²) in [7, 11) is 0. The van der Waals surface area contributed by atoms with Crippen molar-refractivity contribution in [3.8, 4) is 46.1 Å². The number of amides is 1. The first-order valence-corrected chi connectivity index (χ1v) is 15.1. The Kier molecular flexibility index (Phi) is 7.01. The van der Waals surface area contributed by atoms with Gasteiger partial charge in [-0.3, -0.25) is 0 Å². The maximum atomic E-state index is 16.6. The van der Waals surface area contributed by atoms with Gasteiger partial charge in [0.25, 0.3) is 5.88 Å². The van der Waals surface area contributed by atoms with E-state index in [-0.39, 0.29) is 52.0 Å². The van der Waals surface area contributed by atoms with Gasteiger partial charge in [0.1, 0.15) is 23.2 Å². The summed E-state index contributed by atoms with van der Waals surface area (Å²) < 4.78 is 56.2. The Morgan fingerprint density at radius 2 is 1.89 bits per heavy atom. The molecule has 0 aliphatic carbocycles. The molecule has 46 heavy (non-hydrogen) atoms. The number of benzene rings is 3. The lowest BCUT2D eigenvalue weighted by Gasteiger charge is -2.40. The molecule has 12 heteroatoms. The predicted octanol–water partition coefficient (Wildman–Crippen LogP) is 8.07. The van der Waals surface area contributed by atoms with Crippen LogP contribution in [0.5, 0.6) is 28.9 Å². The number of aromatic nitrogens is 2. The number of hydrogen-bond donors (Lipinski definition) is 0. The highest BCUT2D eigenvalue weighted by molar-refractivity contribution is 6.34. The third-order valence-electron chi connectivity index (χ3n) is 8.33. The lowest BCUT2D eigenvalue weighted by Crippen LogP contribution is -2.53. The minimum Gasteiger partial charge on any atom is -0.480 e. The van der Waals surface area contributed by atoms with Crippen molar-refractivity contribution < 1.29 is 32.5 Å². The molecule has 3 aliphatic rings. The predicted molar refractivity (Wildman–Crippen MR) is 162 cm³/mol. The second kappa shape index (κ2) is 10.8. The molecule has 3 aliphatic heterocycles. The molecule has 3 aromatic carbocycles. The lowest BCUT2D eigenvalue weighted by atomic mass is 9.79. The molecule has 4 heterocycles. The summed E-state index contributed by atoms with van der Waals surface area (Å²) in [5.41, 5.74) is -1.33. The first-order valence-electron chi connectivity index (χ1n) is 14.7. The maximum Gasteiger partial charge on any atom is 0.410 e. The van der Waals surface area contributed by atoms with Crippen LogP contribution >= 0.6 is 11.6 Å². The van der Waals surface area contributed by atoms with Crippen molar-refractivity contribution in [2.45, 2.75) is 57.3 Å². The van der Waals surface area contributed by atoms with Crippen molar-refractivity contribution in [2.75, 3.05) is 6.54 Å². The van der Waals surface area contributed by atoms with Gasteiger partial charge in [-0.15, -0.1) is 5.10 Å². The van der Waals surface area contributed by atoms with E-state index in [0.717, 1.165) is 11.6 Å². The first-order chi connectivity index (χ1) is 22.0. The second-order valence-electron chi connectivity index (χ2n) is 12.3. The van der Waals surface area contributed by atoms with Crippen LogP contribution in [0.2, 0.25) is 5.02 Å². The fourth-order valence-electron chi connectivity index (χ4n) is 6.50. The highest BCUT2D eigenvalue weighted by atomic mass is 35.5. The molecule has 1 fully saturated rings. The zero-order valence-corrected chi connectivity index (χ0v) is 25.8. The Balaban J connectivity index is 1.40. The Bertz CT molecular complexity index is 1950. The van der Waals surface area contributed by atoms with Gasteiger partial charge in [0.15, 0.2) is 22.9 Å². The number of likely N-dealkylation sites (tertiary alicyclic amines) is 1. The van der Waals surface area contributed by atoms with Crippen LogP contribution in [0, 0.1) is 23.0 Å². The fraction of sp³-hybridized carbons (Fsp3) is 0.294. The minimum absolute atomic E-state index is 0.0540. The van der Waals surface area contributed by atoms with Crippen molar-refractivity contribution >= 4 is 17.7 Å². The zero-order valence-electron chi connectivity index (χ0n) is 25.1. The van der Waals surface area contributed by atoms with E-state index < -0.39 is 40.0 Å². The van der Waals surface area contributed by atoms with Crippen molar-refractivity contribution in [1.29, 1.82) is 5.26 Å². The van der Waals surface area contributed by atoms with Crippen LogP contribution in [0.4, 0.5) is 13.6 Å². The maximum absolute atomic E-state index is 16.6. The summed E-state index contributed by atoms with van der Waals surface area (Å²) in [6, 6.07) is 14.7. The number of nitriles is 1. The topological polar surface area (TPSA) is 107 Å². The highest BCUT2D eigenvalue weighted by Gasteiger charge is 2.54. The highest BCUT2D eigenvalue weighted by Crippen LogP contribution is 2.55. The van der Waals surface area contributed by atoms with E-state index in [1.807, 2.05) is 36.4 Å². The van der Waals surface area contributed by atoms with Crippen LogP contribution in [-0.4, -0.2) is 39.4 Å². The molecule has 0 N–H and O–H groups in total. The van der Waals surface area contributed by atoms with E-state index >= 15 is 8.78 Å². The molecular weight excluding hydrogens is 618 g/mol. The molecule has 7 rings (SSSR count). The van der Waals surface area contributed by atoms with E-state index in [1.165, 1.54) is 18.3 Å². The van der Waals surface area contributed by atoms with Crippen LogP contribution in [-0.2, 0) is 16.8 Å². The van der Waals surface area contributed by atoms with Gasteiger partial charge < -0.3 is 23.8 Å². The summed E-state index contributed by atoms with van der Waals surface area (Å²) in [5.74, 6) is -2.04. The van der Waals surface area contributed by atoms with Gasteiger partial charge in [0, 0.05) is 47.9 Å². The summed E-state index contributed by atoms with van der Waals surface area (Å²) in [6.45, 7) is 5.81. The van der Waals surface area contributed by atoms with E-state index in [1.54, 1.807) is 25.7 Å². The molecule has 1 saturated heterocycles. The smallest absolute Gasteiger partial charge is 0.410 e. The minimum atomic E-state index is -1.21. The van der Waals surface area contributed by atoms with E-state index in [0.29, 0.717) is 24.9 Å². The van der Waals surface area contributed by atoms with Crippen molar-refractivity contribution in [3.63, 3.8) is 0 Å². The van der Waals surface area contributed by atoms with E-state index in [2.05, 4.69) is 10.2 Å². The van der Waals surface area contributed by atoms with Crippen LogP contribution in [0.25, 0.3) is 11.1 Å². The molecule has 0 radical (unpaired) electrons. The third kappa shape index (κ3) is 4.75. The Morgan fingerprint density at radius 1 is 1.11 bits per heavy atom. The Hall–Kier alpha value is -4.95. The summed E-state index contributed by atoms with van der Waals surface area (Å²) >= 11 is 6.64. The van der Waals surface area contributed by atoms with Gasteiger partial charge in [0.05, 0.1) is 22.8 Å². The third-order valence-corrected chi connectivity index (χ3v) is 8.70. The molecule has 4 aromatic rings. The fourth-order valence-corrected chi connectivity index (χ4v) is 6.76. The number of hydrogen-bond acceptors (Lipinski definition) is 8. The summed E-state index contributed by atoms with van der Waals surface area (Å²) in [4.78, 5) is 15.1. The van der Waals surface area contributed by atoms with Crippen LogP contribution in [0.1, 0.15) is 50.3 Å². The molecule has 0 unspecified atom stereocenters. The molecule has 2 atom stereocenters. The normalized spacial score (nSPS) is 19.6. The molecule has 0 spiro atoms. The number of halogens is 3. The van der Waals surface area contributed by atoms with E-state index in [9.17, 15) is 10.1 Å². The summed E-state index contributed by atoms with van der Waals surface area (Å²) in [6.07, 6.45) is 2.21. The molecule has 9 nitrogen and oxygen atoms in total. The largest absolute Gasteiger partial charge is 0.480 e. The standard InChI is InChI=1S/C34H27ClF2N4O5/c1-33(2,3)46-32(42)41-13-7-10-25(41)34(19-8-5-4-6-9-19)16-20-23(45-34)15-21(36)28(35)27(20)26-18(17-38)14-24-30(29(26)37)44-31-22(43-24)11-12-39-40-31/h4-6,8-9,11-12,14-15,25H,7,10,13,16H2,1-3H3/t25-,34-/m0/s1. The SMILES string of the molecule is CC(C)(C)OC(=O)N1CCC[C@H]1[C@@]1(c2ccccc2)Cc2c(cc(F)c(Cl)c2-c2c(C#N)cc3c(c2F)Oc2nnccc2O3)O1. The average Bonchev–Trinajstić information content (AvgIpc) is 3.67. The lowest BCUT2D eigenvalue weighted by molar-refractivity contribution is -0.0216. The quantitative estimate of drug-likeness (QED) is 0.194. The number of fused-ring (bicyclic) bond motifs is 3. The second-order valence-corrected chi connectivity index (χ2v) is 12.7. The Morgan fingerprint density at radius 3 is 2.63 bits per heavy atom. The monoisotopic (exact) mass is 644 g/mol. The molecule has 234 valence electrons. The van der Waals surface area contributed by atoms with Crippen molar-refractivity contribution in [1.82, 2.24) is 15.1 Å². The van der Waals surface area contributed by atoms with Crippen LogP contribution in [0.15, 0.2) is 54.7 Å². The molecule has 1 aromatic heterocycles. The van der Waals surface area contributed by atoms with Crippen LogP contribution < -0.4 is 14.2 Å². The molecular formula is C34H27ClF2N4O5. The number of carbonyl (C=O) groups excluding carboxylic acids is 1. The van der Waals surface area contributed by atoms with Gasteiger partial charge in [-0.2, -0.15) is 10.4 Å².